The number of hydrogen-bond donors (Lipinski definition) is 1. The van der Waals surface area contributed by atoms with Crippen LogP contribution >= 0.6 is 0 Å². The van der Waals surface area contributed by atoms with Crippen molar-refractivity contribution in [2.75, 3.05) is 6.54 Å². The van der Waals surface area contributed by atoms with Crippen LogP contribution in [0.2, 0.25) is 0 Å². The second kappa shape index (κ2) is 5.70. The molecule has 1 aromatic heterocycles. The minimum Gasteiger partial charge on any atom is -0.356 e. The van der Waals surface area contributed by atoms with Gasteiger partial charge in [0.2, 0.25) is 5.91 Å². The van der Waals surface area contributed by atoms with Crippen molar-refractivity contribution >= 4 is 16.8 Å². The van der Waals surface area contributed by atoms with Gasteiger partial charge in [-0.25, -0.2) is 0 Å². The molecule has 0 spiro atoms. The van der Waals surface area contributed by atoms with Gasteiger partial charge in [-0.1, -0.05) is 24.6 Å². The molecule has 1 aliphatic carbocycles. The van der Waals surface area contributed by atoms with E-state index in [1.165, 1.54) is 23.0 Å². The zero-order valence-electron chi connectivity index (χ0n) is 12.1. The minimum absolute atomic E-state index is 0.255. The molecule has 1 amide bonds. The van der Waals surface area contributed by atoms with Crippen LogP contribution < -0.4 is 5.32 Å². The molecule has 0 radical (unpaired) electrons. The van der Waals surface area contributed by atoms with E-state index in [9.17, 15) is 4.79 Å². The zero-order valence-corrected chi connectivity index (χ0v) is 12.1. The van der Waals surface area contributed by atoms with Gasteiger partial charge >= 0.3 is 0 Å². The second-order valence-corrected chi connectivity index (χ2v) is 5.77. The lowest BCUT2D eigenvalue weighted by Gasteiger charge is -2.24. The van der Waals surface area contributed by atoms with Crippen LogP contribution in [0.25, 0.3) is 10.9 Å². The number of nitrogens with zero attached hydrogens (tertiary/aromatic N) is 1. The van der Waals surface area contributed by atoms with Gasteiger partial charge in [0, 0.05) is 30.2 Å². The first kappa shape index (κ1) is 13.2. The topological polar surface area (TPSA) is 34.0 Å². The summed E-state index contributed by atoms with van der Waals surface area (Å²) in [6.45, 7) is 3.89. The largest absolute Gasteiger partial charge is 0.356 e. The first-order valence-electron chi connectivity index (χ1n) is 7.58. The monoisotopic (exact) mass is 270 g/mol. The number of aromatic nitrogens is 1. The van der Waals surface area contributed by atoms with E-state index in [1.807, 2.05) is 0 Å². The summed E-state index contributed by atoms with van der Waals surface area (Å²) in [6, 6.07) is 10.7. The Morgan fingerprint density at radius 3 is 2.90 bits per heavy atom. The van der Waals surface area contributed by atoms with Gasteiger partial charge in [-0.3, -0.25) is 4.79 Å². The minimum atomic E-state index is 0.255. The van der Waals surface area contributed by atoms with E-state index in [4.69, 9.17) is 0 Å². The first-order valence-corrected chi connectivity index (χ1v) is 7.58. The number of hydrogen-bond acceptors (Lipinski definition) is 1. The predicted molar refractivity (Wildman–Crippen MR) is 81.6 cm³/mol. The summed E-state index contributed by atoms with van der Waals surface area (Å²) < 4.78 is 2.34. The maximum absolute atomic E-state index is 11.7. The van der Waals surface area contributed by atoms with Gasteiger partial charge in [0.15, 0.2) is 0 Å². The zero-order chi connectivity index (χ0) is 13.9. The highest BCUT2D eigenvalue weighted by Gasteiger charge is 2.24. The van der Waals surface area contributed by atoms with Gasteiger partial charge in [0.1, 0.15) is 0 Å². The van der Waals surface area contributed by atoms with Crippen LogP contribution in [0, 0.1) is 12.8 Å². The van der Waals surface area contributed by atoms with Gasteiger partial charge < -0.3 is 9.88 Å². The van der Waals surface area contributed by atoms with Gasteiger partial charge in [0.05, 0.1) is 0 Å². The molecular formula is C17H22N2O. The number of para-hydroxylation sites is 1. The molecule has 1 saturated carbocycles. The summed E-state index contributed by atoms with van der Waals surface area (Å²) in [7, 11) is 0. The summed E-state index contributed by atoms with van der Waals surface area (Å²) in [5.74, 6) is 0.550. The Morgan fingerprint density at radius 1 is 1.35 bits per heavy atom. The SMILES string of the molecule is Cc1cc2ccccc2n1CCCNC(=O)C1CCC1. The van der Waals surface area contributed by atoms with Crippen molar-refractivity contribution in [3.63, 3.8) is 0 Å². The molecule has 1 aliphatic rings. The molecule has 0 saturated heterocycles. The van der Waals surface area contributed by atoms with Crippen molar-refractivity contribution in [1.82, 2.24) is 9.88 Å². The molecule has 20 heavy (non-hydrogen) atoms. The number of amides is 1. The van der Waals surface area contributed by atoms with Crippen LogP contribution in [0.1, 0.15) is 31.4 Å². The van der Waals surface area contributed by atoms with Gasteiger partial charge in [-0.05, 0) is 43.7 Å². The maximum Gasteiger partial charge on any atom is 0.223 e. The lowest BCUT2D eigenvalue weighted by molar-refractivity contribution is -0.127. The number of aryl methyl sites for hydroxylation is 2. The Kier molecular flexibility index (Phi) is 3.77. The lowest BCUT2D eigenvalue weighted by atomic mass is 9.85. The average molecular weight is 270 g/mol. The first-order chi connectivity index (χ1) is 9.75. The van der Waals surface area contributed by atoms with Crippen LogP contribution in [-0.2, 0) is 11.3 Å². The Labute approximate surface area is 120 Å². The highest BCUT2D eigenvalue weighted by atomic mass is 16.1. The fourth-order valence-corrected chi connectivity index (χ4v) is 2.91. The number of benzene rings is 1. The third-order valence-corrected chi connectivity index (χ3v) is 4.35. The van der Waals surface area contributed by atoms with Crippen LogP contribution in [0.3, 0.4) is 0 Å². The maximum atomic E-state index is 11.7. The van der Waals surface area contributed by atoms with E-state index in [2.05, 4.69) is 47.1 Å². The molecule has 3 rings (SSSR count). The molecule has 106 valence electrons. The Bertz CT molecular complexity index is 610. The lowest BCUT2D eigenvalue weighted by Crippen LogP contribution is -2.35. The van der Waals surface area contributed by atoms with E-state index >= 15 is 0 Å². The van der Waals surface area contributed by atoms with Crippen molar-refractivity contribution < 1.29 is 4.79 Å². The van der Waals surface area contributed by atoms with Crippen molar-refractivity contribution in [3.05, 3.63) is 36.0 Å². The molecule has 0 atom stereocenters. The molecule has 1 fully saturated rings. The molecule has 1 heterocycles. The average Bonchev–Trinajstić information content (AvgIpc) is 2.68. The summed E-state index contributed by atoms with van der Waals surface area (Å²) in [5, 5.41) is 4.36. The summed E-state index contributed by atoms with van der Waals surface area (Å²) in [6.07, 6.45) is 4.35. The van der Waals surface area contributed by atoms with E-state index in [1.54, 1.807) is 0 Å². The number of carbonyl (C=O) groups excluding carboxylic acids is 1. The highest BCUT2D eigenvalue weighted by Crippen LogP contribution is 2.26. The van der Waals surface area contributed by atoms with E-state index in [-0.39, 0.29) is 5.91 Å². The van der Waals surface area contributed by atoms with Crippen molar-refractivity contribution in [2.45, 2.75) is 39.2 Å². The van der Waals surface area contributed by atoms with Crippen LogP contribution in [0.15, 0.2) is 30.3 Å². The smallest absolute Gasteiger partial charge is 0.223 e. The van der Waals surface area contributed by atoms with Crippen molar-refractivity contribution in [1.29, 1.82) is 0 Å². The highest BCUT2D eigenvalue weighted by molar-refractivity contribution is 5.81. The summed E-state index contributed by atoms with van der Waals surface area (Å²) in [4.78, 5) is 11.7. The van der Waals surface area contributed by atoms with Crippen molar-refractivity contribution in [2.24, 2.45) is 5.92 Å². The second-order valence-electron chi connectivity index (χ2n) is 5.77. The standard InChI is InChI=1S/C17H22N2O/c1-13-12-15-6-2-3-9-16(15)19(13)11-5-10-18-17(20)14-7-4-8-14/h2-3,6,9,12,14H,4-5,7-8,10-11H2,1H3,(H,18,20). The molecule has 0 bridgehead atoms. The molecule has 1 aromatic carbocycles. The Morgan fingerprint density at radius 2 is 2.15 bits per heavy atom. The predicted octanol–water partition coefficient (Wildman–Crippen LogP) is 3.26. The molecule has 3 heteroatoms. The molecule has 0 aliphatic heterocycles. The number of carbonyl (C=O) groups is 1. The quantitative estimate of drug-likeness (QED) is 0.831. The van der Waals surface area contributed by atoms with Crippen LogP contribution in [-0.4, -0.2) is 17.0 Å². The van der Waals surface area contributed by atoms with Gasteiger partial charge in [-0.2, -0.15) is 0 Å². The molecule has 1 N–H and O–H groups in total. The third-order valence-electron chi connectivity index (χ3n) is 4.35. The fraction of sp³-hybridized carbons (Fsp3) is 0.471. The van der Waals surface area contributed by atoms with E-state index in [0.29, 0.717) is 5.92 Å². The molecule has 2 aromatic rings. The van der Waals surface area contributed by atoms with Crippen LogP contribution in [0.4, 0.5) is 0 Å². The van der Waals surface area contributed by atoms with E-state index < -0.39 is 0 Å². The Balaban J connectivity index is 1.54. The molecule has 3 nitrogen and oxygen atoms in total. The Hall–Kier alpha value is -1.77. The number of rotatable bonds is 5. The summed E-state index contributed by atoms with van der Waals surface area (Å²) >= 11 is 0. The normalized spacial score (nSPS) is 15.2. The van der Waals surface area contributed by atoms with Gasteiger partial charge in [-0.15, -0.1) is 0 Å². The van der Waals surface area contributed by atoms with Gasteiger partial charge in [0.25, 0.3) is 0 Å². The van der Waals surface area contributed by atoms with Crippen LogP contribution in [0.5, 0.6) is 0 Å². The van der Waals surface area contributed by atoms with E-state index in [0.717, 1.165) is 32.4 Å². The summed E-state index contributed by atoms with van der Waals surface area (Å²) in [5.41, 5.74) is 2.58. The molecular weight excluding hydrogens is 248 g/mol. The third kappa shape index (κ3) is 2.58. The number of nitrogens with one attached hydrogen (secondary N) is 1. The van der Waals surface area contributed by atoms with Crippen molar-refractivity contribution in [3.8, 4) is 0 Å². The number of fused-ring (bicyclic) bond motifs is 1. The molecule has 0 unspecified atom stereocenters. The fourth-order valence-electron chi connectivity index (χ4n) is 2.91.